The molecule has 0 bridgehead atoms. The average Bonchev–Trinajstić information content (AvgIpc) is 3.17. The molecular weight excluding hydrogens is 507 g/mol. The van der Waals surface area contributed by atoms with Crippen molar-refractivity contribution in [2.45, 2.75) is 24.8 Å². The van der Waals surface area contributed by atoms with Crippen LogP contribution in [-0.2, 0) is 23.0 Å². The second-order valence-electron chi connectivity index (χ2n) is 6.35. The van der Waals surface area contributed by atoms with E-state index in [2.05, 4.69) is 32.7 Å². The van der Waals surface area contributed by atoms with Gasteiger partial charge in [-0.25, -0.2) is 17.7 Å². The summed E-state index contributed by atoms with van der Waals surface area (Å²) in [6.45, 7) is 4.21. The third-order valence-electron chi connectivity index (χ3n) is 4.08. The highest BCUT2D eigenvalue weighted by Gasteiger charge is 2.16. The van der Waals surface area contributed by atoms with Gasteiger partial charge in [-0.2, -0.15) is 0 Å². The molecule has 0 spiro atoms. The Hall–Kier alpha value is -1.17. The first-order valence-electron chi connectivity index (χ1n) is 8.88. The highest BCUT2D eigenvalue weighted by molar-refractivity contribution is 14.0. The number of guanidine groups is 1. The minimum absolute atomic E-state index is 0. The van der Waals surface area contributed by atoms with Crippen LogP contribution >= 0.6 is 35.3 Å². The van der Waals surface area contributed by atoms with Gasteiger partial charge in [0.15, 0.2) is 5.96 Å². The highest BCUT2D eigenvalue weighted by atomic mass is 127. The Balaban J connectivity index is 0.00000392. The molecule has 6 nitrogen and oxygen atoms in total. The van der Waals surface area contributed by atoms with Crippen LogP contribution in [0.4, 0.5) is 0 Å². The van der Waals surface area contributed by atoms with Gasteiger partial charge in [-0.3, -0.25) is 0 Å². The number of likely N-dealkylation sites (N-methyl/N-ethyl adjacent to an activating group) is 1. The lowest BCUT2D eigenvalue weighted by atomic mass is 10.2. The predicted molar refractivity (Wildman–Crippen MR) is 128 cm³/mol. The van der Waals surface area contributed by atoms with E-state index in [0.29, 0.717) is 11.4 Å². The molecule has 9 heteroatoms. The molecule has 0 saturated heterocycles. The fraction of sp³-hybridized carbons (Fsp3) is 0.421. The van der Waals surface area contributed by atoms with Crippen molar-refractivity contribution in [3.8, 4) is 0 Å². The maximum Gasteiger partial charge on any atom is 0.242 e. The summed E-state index contributed by atoms with van der Waals surface area (Å²) in [5.74, 6) is 0.846. The molecule has 0 radical (unpaired) electrons. The second kappa shape index (κ2) is 11.7. The van der Waals surface area contributed by atoms with Gasteiger partial charge in [0.1, 0.15) is 0 Å². The van der Waals surface area contributed by atoms with E-state index in [0.717, 1.165) is 31.0 Å². The Morgan fingerprint density at radius 3 is 2.36 bits per heavy atom. The monoisotopic (exact) mass is 536 g/mol. The molecule has 156 valence electrons. The van der Waals surface area contributed by atoms with Crippen LogP contribution in [0, 0.1) is 0 Å². The van der Waals surface area contributed by atoms with Crippen molar-refractivity contribution in [3.63, 3.8) is 0 Å². The zero-order valence-corrected chi connectivity index (χ0v) is 20.7. The Morgan fingerprint density at radius 2 is 1.82 bits per heavy atom. The SMILES string of the molecule is CCNC(=NCc1ccc(S(=O)(=O)N(C)C)cc1)N(C)CCc1cccs1.I. The van der Waals surface area contributed by atoms with Gasteiger partial charge >= 0.3 is 0 Å². The van der Waals surface area contributed by atoms with Crippen LogP contribution in [-0.4, -0.2) is 57.8 Å². The zero-order chi connectivity index (χ0) is 19.9. The van der Waals surface area contributed by atoms with Crippen molar-refractivity contribution in [3.05, 3.63) is 52.2 Å². The molecule has 1 aromatic heterocycles. The van der Waals surface area contributed by atoms with Gasteiger partial charge in [0.25, 0.3) is 0 Å². The minimum Gasteiger partial charge on any atom is -0.357 e. The molecule has 0 saturated carbocycles. The molecule has 2 rings (SSSR count). The van der Waals surface area contributed by atoms with Crippen molar-refractivity contribution in [1.29, 1.82) is 0 Å². The first-order chi connectivity index (χ1) is 12.8. The Labute approximate surface area is 189 Å². The Kier molecular flexibility index (Phi) is 10.4. The van der Waals surface area contributed by atoms with Gasteiger partial charge in [-0.1, -0.05) is 18.2 Å². The number of rotatable bonds is 8. The van der Waals surface area contributed by atoms with Crippen LogP contribution < -0.4 is 5.32 Å². The summed E-state index contributed by atoms with van der Waals surface area (Å²) >= 11 is 1.77. The molecule has 1 aromatic carbocycles. The molecule has 0 aliphatic heterocycles. The van der Waals surface area contributed by atoms with Crippen molar-refractivity contribution in [2.24, 2.45) is 4.99 Å². The normalized spacial score (nSPS) is 12.0. The second-order valence-corrected chi connectivity index (χ2v) is 9.54. The van der Waals surface area contributed by atoms with Crippen molar-refractivity contribution in [1.82, 2.24) is 14.5 Å². The molecule has 0 unspecified atom stereocenters. The van der Waals surface area contributed by atoms with E-state index < -0.39 is 10.0 Å². The molecule has 2 aromatic rings. The van der Waals surface area contributed by atoms with Gasteiger partial charge in [0, 0.05) is 39.1 Å². The first-order valence-corrected chi connectivity index (χ1v) is 11.2. The minimum atomic E-state index is -3.40. The Bertz CT molecular complexity index is 835. The van der Waals surface area contributed by atoms with Crippen LogP contribution in [0.3, 0.4) is 0 Å². The third kappa shape index (κ3) is 7.02. The van der Waals surface area contributed by atoms with E-state index in [1.54, 1.807) is 23.5 Å². The Morgan fingerprint density at radius 1 is 1.14 bits per heavy atom. The van der Waals surface area contributed by atoms with E-state index in [-0.39, 0.29) is 24.0 Å². The summed E-state index contributed by atoms with van der Waals surface area (Å²) in [7, 11) is 1.69. The van der Waals surface area contributed by atoms with Crippen LogP contribution in [0.2, 0.25) is 0 Å². The van der Waals surface area contributed by atoms with Gasteiger partial charge in [0.05, 0.1) is 11.4 Å². The van der Waals surface area contributed by atoms with E-state index in [1.807, 2.05) is 26.1 Å². The average molecular weight is 537 g/mol. The van der Waals surface area contributed by atoms with Crippen molar-refractivity contribution >= 4 is 51.3 Å². The summed E-state index contributed by atoms with van der Waals surface area (Å²) < 4.78 is 25.5. The summed E-state index contributed by atoms with van der Waals surface area (Å²) in [5.41, 5.74) is 0.967. The standard InChI is InChI=1S/C19H28N4O2S2.HI/c1-5-20-19(23(4)13-12-17-7-6-14-26-17)21-15-16-8-10-18(11-9-16)27(24,25)22(2)3;/h6-11,14H,5,12-13,15H2,1-4H3,(H,20,21);1H. The topological polar surface area (TPSA) is 65.0 Å². The first kappa shape index (κ1) is 24.9. The van der Waals surface area contributed by atoms with Gasteiger partial charge in [-0.15, -0.1) is 35.3 Å². The number of hydrogen-bond acceptors (Lipinski definition) is 4. The fourth-order valence-electron chi connectivity index (χ4n) is 2.45. The number of nitrogens with zero attached hydrogens (tertiary/aromatic N) is 3. The van der Waals surface area contributed by atoms with E-state index in [9.17, 15) is 8.42 Å². The van der Waals surface area contributed by atoms with Crippen LogP contribution in [0.5, 0.6) is 0 Å². The number of sulfonamides is 1. The molecule has 0 aliphatic rings. The lowest BCUT2D eigenvalue weighted by Crippen LogP contribution is -2.39. The maximum atomic E-state index is 12.1. The number of hydrogen-bond donors (Lipinski definition) is 1. The van der Waals surface area contributed by atoms with Gasteiger partial charge in [-0.05, 0) is 42.5 Å². The quantitative estimate of drug-likeness (QED) is 0.320. The lowest BCUT2D eigenvalue weighted by molar-refractivity contribution is 0.486. The summed E-state index contributed by atoms with van der Waals surface area (Å²) in [4.78, 5) is 8.45. The number of halogens is 1. The third-order valence-corrected chi connectivity index (χ3v) is 6.85. The van der Waals surface area contributed by atoms with E-state index in [4.69, 9.17) is 0 Å². The van der Waals surface area contributed by atoms with Crippen LogP contribution in [0.1, 0.15) is 17.4 Å². The molecule has 0 aliphatic carbocycles. The molecule has 0 fully saturated rings. The van der Waals surface area contributed by atoms with E-state index >= 15 is 0 Å². The van der Waals surface area contributed by atoms with Crippen molar-refractivity contribution in [2.75, 3.05) is 34.2 Å². The summed E-state index contributed by atoms with van der Waals surface area (Å²) in [6.07, 6.45) is 0.982. The van der Waals surface area contributed by atoms with E-state index in [1.165, 1.54) is 23.3 Å². The van der Waals surface area contributed by atoms with Gasteiger partial charge < -0.3 is 10.2 Å². The molecule has 1 N–H and O–H groups in total. The lowest BCUT2D eigenvalue weighted by Gasteiger charge is -2.21. The molecule has 1 heterocycles. The number of aliphatic imine (C=N–C) groups is 1. The van der Waals surface area contributed by atoms with Crippen molar-refractivity contribution < 1.29 is 8.42 Å². The fourth-order valence-corrected chi connectivity index (χ4v) is 4.05. The molecule has 0 atom stereocenters. The smallest absolute Gasteiger partial charge is 0.242 e. The predicted octanol–water partition coefficient (Wildman–Crippen LogP) is 3.26. The number of benzene rings is 1. The largest absolute Gasteiger partial charge is 0.357 e. The summed E-state index contributed by atoms with van der Waals surface area (Å²) in [6, 6.07) is 11.1. The number of nitrogens with one attached hydrogen (secondary N) is 1. The van der Waals surface area contributed by atoms with Crippen LogP contribution in [0.15, 0.2) is 51.7 Å². The number of thiophene rings is 1. The summed E-state index contributed by atoms with van der Waals surface area (Å²) in [5, 5.41) is 5.40. The van der Waals surface area contributed by atoms with Gasteiger partial charge in [0.2, 0.25) is 10.0 Å². The maximum absolute atomic E-state index is 12.1. The highest BCUT2D eigenvalue weighted by Crippen LogP contribution is 2.14. The zero-order valence-electron chi connectivity index (χ0n) is 16.8. The van der Waals surface area contributed by atoms with Crippen LogP contribution in [0.25, 0.3) is 0 Å². The molecular formula is C19H29IN4O2S2. The molecule has 28 heavy (non-hydrogen) atoms. The molecule has 0 amide bonds.